The third kappa shape index (κ3) is 6.25. The number of carbonyl (C=O) groups is 2. The van der Waals surface area contributed by atoms with E-state index >= 15 is 0 Å². The normalized spacial score (nSPS) is 10.6. The first-order valence-electron chi connectivity index (χ1n) is 9.76. The predicted molar refractivity (Wildman–Crippen MR) is 124 cm³/mol. The van der Waals surface area contributed by atoms with Crippen LogP contribution in [0.2, 0.25) is 0 Å². The van der Waals surface area contributed by atoms with Crippen LogP contribution in [0.5, 0.6) is 0 Å². The molecule has 0 bridgehead atoms. The summed E-state index contributed by atoms with van der Waals surface area (Å²) in [6.07, 6.45) is 0.688. The van der Waals surface area contributed by atoms with Crippen molar-refractivity contribution in [3.8, 4) is 0 Å². The highest BCUT2D eigenvalue weighted by Crippen LogP contribution is 2.21. The van der Waals surface area contributed by atoms with Gasteiger partial charge in [0, 0.05) is 28.8 Å². The average Bonchev–Trinajstić information content (AvgIpc) is 3.44. The number of thioether (sulfide) groups is 1. The van der Waals surface area contributed by atoms with Gasteiger partial charge in [-0.25, -0.2) is 4.98 Å². The van der Waals surface area contributed by atoms with Crippen molar-refractivity contribution in [3.05, 3.63) is 83.2 Å². The maximum absolute atomic E-state index is 12.2. The summed E-state index contributed by atoms with van der Waals surface area (Å²) < 4.78 is 5.63. The van der Waals surface area contributed by atoms with Gasteiger partial charge in [-0.2, -0.15) is 0 Å². The summed E-state index contributed by atoms with van der Waals surface area (Å²) in [4.78, 5) is 28.6. The molecule has 2 amide bonds. The summed E-state index contributed by atoms with van der Waals surface area (Å²) in [6.45, 7) is 0. The topological polar surface area (TPSA) is 110 Å². The lowest BCUT2D eigenvalue weighted by Gasteiger charge is -2.03. The van der Waals surface area contributed by atoms with E-state index in [9.17, 15) is 9.59 Å². The Bertz CT molecular complexity index is 1180. The van der Waals surface area contributed by atoms with Crippen LogP contribution in [0.4, 0.5) is 10.8 Å². The van der Waals surface area contributed by atoms with E-state index in [2.05, 4.69) is 25.8 Å². The van der Waals surface area contributed by atoms with E-state index in [-0.39, 0.29) is 11.8 Å². The summed E-state index contributed by atoms with van der Waals surface area (Å²) in [5.74, 6) is 0.662. The molecule has 0 atom stereocenters. The fourth-order valence-corrected chi connectivity index (χ4v) is 4.12. The molecule has 8 nitrogen and oxygen atoms in total. The molecule has 2 heterocycles. The van der Waals surface area contributed by atoms with Gasteiger partial charge in [0.2, 0.25) is 11.8 Å². The van der Waals surface area contributed by atoms with Gasteiger partial charge in [-0.3, -0.25) is 14.9 Å². The van der Waals surface area contributed by atoms with Crippen LogP contribution in [0.15, 0.2) is 75.7 Å². The molecule has 0 fully saturated rings. The number of nitrogens with one attached hydrogen (secondary N) is 2. The third-order valence-electron chi connectivity index (χ3n) is 4.20. The van der Waals surface area contributed by atoms with Crippen LogP contribution in [0.1, 0.15) is 28.4 Å². The Kier molecular flexibility index (Phi) is 7.26. The second-order valence-corrected chi connectivity index (χ2v) is 8.52. The quantitative estimate of drug-likeness (QED) is 0.350. The zero-order valence-corrected chi connectivity index (χ0v) is 18.5. The van der Waals surface area contributed by atoms with Gasteiger partial charge in [-0.1, -0.05) is 48.2 Å². The molecule has 0 saturated heterocycles. The minimum Gasteiger partial charge on any atom is -0.416 e. The second kappa shape index (κ2) is 10.7. The molecule has 0 aliphatic carbocycles. The Labute approximate surface area is 192 Å². The van der Waals surface area contributed by atoms with Crippen LogP contribution in [0.3, 0.4) is 0 Å². The second-order valence-electron chi connectivity index (χ2n) is 6.62. The van der Waals surface area contributed by atoms with Crippen LogP contribution in [-0.2, 0) is 11.2 Å². The first-order chi connectivity index (χ1) is 15.7. The van der Waals surface area contributed by atoms with Crippen molar-refractivity contribution in [1.82, 2.24) is 15.2 Å². The predicted octanol–water partition coefficient (Wildman–Crippen LogP) is 4.49. The van der Waals surface area contributed by atoms with E-state index in [1.807, 2.05) is 53.9 Å². The zero-order valence-electron chi connectivity index (χ0n) is 16.9. The molecule has 0 unspecified atom stereocenters. The summed E-state index contributed by atoms with van der Waals surface area (Å²) in [7, 11) is 0. The Balaban J connectivity index is 1.23. The van der Waals surface area contributed by atoms with Crippen molar-refractivity contribution in [1.29, 1.82) is 0 Å². The smallest absolute Gasteiger partial charge is 0.276 e. The molecular weight excluding hydrogens is 446 g/mol. The van der Waals surface area contributed by atoms with Crippen LogP contribution >= 0.6 is 23.1 Å². The van der Waals surface area contributed by atoms with E-state index in [0.717, 1.165) is 11.4 Å². The summed E-state index contributed by atoms with van der Waals surface area (Å²) in [5.41, 5.74) is 2.06. The molecule has 2 N–H and O–H groups in total. The van der Waals surface area contributed by atoms with Gasteiger partial charge in [0.25, 0.3) is 11.1 Å². The van der Waals surface area contributed by atoms with Gasteiger partial charge in [0.05, 0.1) is 12.1 Å². The lowest BCUT2D eigenvalue weighted by molar-refractivity contribution is -0.115. The molecular formula is C22H19N5O3S2. The van der Waals surface area contributed by atoms with Crippen molar-refractivity contribution in [3.63, 3.8) is 0 Å². The molecule has 0 radical (unpaired) electrons. The van der Waals surface area contributed by atoms with Crippen LogP contribution in [-0.4, -0.2) is 32.7 Å². The number of aromatic nitrogens is 3. The van der Waals surface area contributed by atoms with Gasteiger partial charge in [0.15, 0.2) is 5.13 Å². The van der Waals surface area contributed by atoms with Gasteiger partial charge in [0.1, 0.15) is 0 Å². The molecule has 0 aliphatic rings. The fraction of sp³-hybridized carbons (Fsp3) is 0.136. The lowest BCUT2D eigenvalue weighted by atomic mass is 10.2. The summed E-state index contributed by atoms with van der Waals surface area (Å²) in [6, 6.07) is 18.3. The molecule has 2 aromatic heterocycles. The molecule has 0 aliphatic heterocycles. The largest absolute Gasteiger partial charge is 0.416 e. The number of anilines is 2. The summed E-state index contributed by atoms with van der Waals surface area (Å²) >= 11 is 2.66. The lowest BCUT2D eigenvalue weighted by Crippen LogP contribution is -2.11. The first-order valence-corrected chi connectivity index (χ1v) is 11.6. The number of amides is 2. The van der Waals surface area contributed by atoms with E-state index in [1.54, 1.807) is 12.1 Å². The van der Waals surface area contributed by atoms with E-state index in [0.29, 0.717) is 40.4 Å². The van der Waals surface area contributed by atoms with Crippen LogP contribution in [0.25, 0.3) is 0 Å². The molecule has 2 aromatic carbocycles. The SMILES string of the molecule is O=C(CCSc1nnc(Cc2csc(NC(=O)c3ccccc3)n2)o1)Nc1ccccc1. The van der Waals surface area contributed by atoms with Crippen LogP contribution < -0.4 is 10.6 Å². The fourth-order valence-electron chi connectivity index (χ4n) is 2.70. The highest BCUT2D eigenvalue weighted by molar-refractivity contribution is 7.99. The van der Waals surface area contributed by atoms with E-state index in [1.165, 1.54) is 23.1 Å². The van der Waals surface area contributed by atoms with E-state index in [4.69, 9.17) is 4.42 Å². The Morgan fingerprint density at radius 3 is 2.50 bits per heavy atom. The van der Waals surface area contributed by atoms with Gasteiger partial charge < -0.3 is 9.73 Å². The standard InChI is InChI=1S/C22H19N5O3S2/c28-18(23-16-9-5-2-6-10-16)11-12-31-22-27-26-19(30-22)13-17-14-32-21(24-17)25-20(29)15-7-3-1-4-8-15/h1-10,14H,11-13H2,(H,23,28)(H,24,25,29). The zero-order chi connectivity index (χ0) is 22.2. The number of hydrogen-bond acceptors (Lipinski definition) is 8. The van der Waals surface area contributed by atoms with Crippen molar-refractivity contribution in [2.45, 2.75) is 18.1 Å². The van der Waals surface area contributed by atoms with E-state index < -0.39 is 0 Å². The summed E-state index contributed by atoms with van der Waals surface area (Å²) in [5, 5.41) is 16.4. The molecule has 4 aromatic rings. The highest BCUT2D eigenvalue weighted by Gasteiger charge is 2.13. The molecule has 32 heavy (non-hydrogen) atoms. The minimum absolute atomic E-state index is 0.0732. The molecule has 162 valence electrons. The van der Waals surface area contributed by atoms with Crippen molar-refractivity contribution >= 4 is 45.7 Å². The Morgan fingerprint density at radius 1 is 0.969 bits per heavy atom. The molecule has 0 saturated carbocycles. The number of para-hydroxylation sites is 1. The highest BCUT2D eigenvalue weighted by atomic mass is 32.2. The number of carbonyl (C=O) groups excluding carboxylic acids is 2. The number of rotatable bonds is 9. The Morgan fingerprint density at radius 2 is 1.72 bits per heavy atom. The monoisotopic (exact) mass is 465 g/mol. The van der Waals surface area contributed by atoms with Gasteiger partial charge >= 0.3 is 0 Å². The molecule has 4 rings (SSSR count). The maximum Gasteiger partial charge on any atom is 0.276 e. The van der Waals surface area contributed by atoms with Gasteiger partial charge in [-0.15, -0.1) is 21.5 Å². The minimum atomic E-state index is -0.209. The molecule has 0 spiro atoms. The van der Waals surface area contributed by atoms with Crippen molar-refractivity contribution in [2.24, 2.45) is 0 Å². The molecule has 10 heteroatoms. The Hall–Kier alpha value is -3.50. The number of benzene rings is 2. The van der Waals surface area contributed by atoms with Crippen molar-refractivity contribution in [2.75, 3.05) is 16.4 Å². The number of hydrogen-bond donors (Lipinski definition) is 2. The average molecular weight is 466 g/mol. The van der Waals surface area contributed by atoms with Gasteiger partial charge in [-0.05, 0) is 24.3 Å². The number of thiazole rings is 1. The van der Waals surface area contributed by atoms with Crippen LogP contribution in [0, 0.1) is 0 Å². The first kappa shape index (κ1) is 21.7. The third-order valence-corrected chi connectivity index (χ3v) is 5.83. The number of nitrogens with zero attached hydrogens (tertiary/aromatic N) is 3. The van der Waals surface area contributed by atoms with Crippen molar-refractivity contribution < 1.29 is 14.0 Å². The maximum atomic E-state index is 12.2.